The van der Waals surface area contributed by atoms with E-state index >= 15 is 0 Å². The summed E-state index contributed by atoms with van der Waals surface area (Å²) < 4.78 is 37.6. The van der Waals surface area contributed by atoms with E-state index in [0.29, 0.717) is 5.75 Å². The predicted molar refractivity (Wildman–Crippen MR) is 99.2 cm³/mol. The molecular formula is C18H20N2O6S. The minimum Gasteiger partial charge on any atom is -0.497 e. The van der Waals surface area contributed by atoms with Gasteiger partial charge < -0.3 is 14.8 Å². The summed E-state index contributed by atoms with van der Waals surface area (Å²) >= 11 is 0. The fraction of sp³-hybridized carbons (Fsp3) is 0.222. The van der Waals surface area contributed by atoms with E-state index in [1.54, 1.807) is 12.1 Å². The van der Waals surface area contributed by atoms with Gasteiger partial charge >= 0.3 is 5.97 Å². The highest BCUT2D eigenvalue weighted by Crippen LogP contribution is 2.22. The van der Waals surface area contributed by atoms with E-state index in [2.05, 4.69) is 10.0 Å². The number of rotatable bonds is 7. The van der Waals surface area contributed by atoms with Crippen molar-refractivity contribution in [3.8, 4) is 5.75 Å². The van der Waals surface area contributed by atoms with Gasteiger partial charge in [-0.25, -0.2) is 13.2 Å². The molecule has 2 aromatic carbocycles. The molecule has 0 spiro atoms. The lowest BCUT2D eigenvalue weighted by Crippen LogP contribution is -2.33. The van der Waals surface area contributed by atoms with Gasteiger partial charge in [0.2, 0.25) is 0 Å². The third-order valence-corrected chi connectivity index (χ3v) is 5.04. The van der Waals surface area contributed by atoms with Crippen LogP contribution < -0.4 is 14.8 Å². The Bertz CT molecular complexity index is 925. The number of amides is 1. The van der Waals surface area contributed by atoms with Crippen molar-refractivity contribution in [3.05, 3.63) is 54.1 Å². The Balaban J connectivity index is 2.26. The number of ether oxygens (including phenoxy) is 2. The Labute approximate surface area is 157 Å². The molecule has 0 radical (unpaired) electrons. The zero-order valence-electron chi connectivity index (χ0n) is 15.1. The average Bonchev–Trinajstić information content (AvgIpc) is 2.67. The first-order chi connectivity index (χ1) is 12.8. The van der Waals surface area contributed by atoms with Crippen LogP contribution >= 0.6 is 0 Å². The molecule has 1 amide bonds. The Hall–Kier alpha value is -3.07. The van der Waals surface area contributed by atoms with Crippen LogP contribution in [0.25, 0.3) is 0 Å². The summed E-state index contributed by atoms with van der Waals surface area (Å²) in [6.45, 7) is 1.42. The number of likely N-dealkylation sites (N-methyl/N-ethyl adjacent to an activating group) is 1. The van der Waals surface area contributed by atoms with Gasteiger partial charge in [0.15, 0.2) is 6.10 Å². The lowest BCUT2D eigenvalue weighted by Gasteiger charge is -2.15. The van der Waals surface area contributed by atoms with Gasteiger partial charge in [0.05, 0.1) is 23.3 Å². The van der Waals surface area contributed by atoms with Gasteiger partial charge in [-0.2, -0.15) is 0 Å². The summed E-state index contributed by atoms with van der Waals surface area (Å²) in [6, 6.07) is 11.8. The van der Waals surface area contributed by atoms with Crippen molar-refractivity contribution < 1.29 is 27.5 Å². The molecule has 0 heterocycles. The molecule has 27 heavy (non-hydrogen) atoms. The lowest BCUT2D eigenvalue weighted by molar-refractivity contribution is -0.128. The fourth-order valence-corrected chi connectivity index (χ4v) is 3.27. The maximum absolute atomic E-state index is 12.6. The molecular weight excluding hydrogens is 372 g/mol. The maximum Gasteiger partial charge on any atom is 0.341 e. The molecule has 2 aromatic rings. The van der Waals surface area contributed by atoms with E-state index in [-0.39, 0.29) is 16.1 Å². The van der Waals surface area contributed by atoms with Gasteiger partial charge in [-0.15, -0.1) is 0 Å². The number of para-hydroxylation sites is 1. The van der Waals surface area contributed by atoms with Crippen LogP contribution in [0.4, 0.5) is 5.69 Å². The molecule has 0 aliphatic rings. The van der Waals surface area contributed by atoms with Gasteiger partial charge in [-0.1, -0.05) is 12.1 Å². The highest BCUT2D eigenvalue weighted by molar-refractivity contribution is 7.92. The summed E-state index contributed by atoms with van der Waals surface area (Å²) in [6.07, 6.45) is -1.02. The second-order valence-corrected chi connectivity index (χ2v) is 7.17. The largest absolute Gasteiger partial charge is 0.497 e. The van der Waals surface area contributed by atoms with Gasteiger partial charge in [-0.05, 0) is 43.3 Å². The van der Waals surface area contributed by atoms with Crippen LogP contribution in [0.1, 0.15) is 17.3 Å². The van der Waals surface area contributed by atoms with Crippen LogP contribution in [-0.4, -0.2) is 40.6 Å². The molecule has 2 rings (SSSR count). The monoisotopic (exact) mass is 392 g/mol. The minimum atomic E-state index is -3.94. The first-order valence-corrected chi connectivity index (χ1v) is 9.45. The molecule has 0 bridgehead atoms. The van der Waals surface area contributed by atoms with Gasteiger partial charge in [-0.3, -0.25) is 9.52 Å². The Morgan fingerprint density at radius 1 is 1.04 bits per heavy atom. The number of carbonyl (C=O) groups excluding carboxylic acids is 2. The third kappa shape index (κ3) is 4.98. The fourth-order valence-electron chi connectivity index (χ4n) is 2.19. The summed E-state index contributed by atoms with van der Waals surface area (Å²) in [5.74, 6) is -0.778. The molecule has 0 aromatic heterocycles. The number of nitrogens with one attached hydrogen (secondary N) is 2. The number of methoxy groups -OCH3 is 1. The van der Waals surface area contributed by atoms with E-state index < -0.39 is 28.0 Å². The first kappa shape index (κ1) is 20.2. The summed E-state index contributed by atoms with van der Waals surface area (Å²) in [7, 11) is -1.04. The molecule has 8 nitrogen and oxygen atoms in total. The molecule has 9 heteroatoms. The minimum absolute atomic E-state index is 0.00481. The van der Waals surface area contributed by atoms with Crippen molar-refractivity contribution in [2.45, 2.75) is 17.9 Å². The Morgan fingerprint density at radius 3 is 2.26 bits per heavy atom. The zero-order chi connectivity index (χ0) is 20.0. The molecule has 144 valence electrons. The summed E-state index contributed by atoms with van der Waals surface area (Å²) in [4.78, 5) is 23.9. The SMILES string of the molecule is CNC(=O)[C@H](C)OC(=O)c1ccccc1NS(=O)(=O)c1ccc(OC)cc1. The molecule has 2 N–H and O–H groups in total. The van der Waals surface area contributed by atoms with Crippen LogP contribution in [0.5, 0.6) is 5.75 Å². The molecule has 0 saturated carbocycles. The molecule has 0 aliphatic carbocycles. The van der Waals surface area contributed by atoms with E-state index in [1.807, 2.05) is 0 Å². The van der Waals surface area contributed by atoms with Gasteiger partial charge in [0, 0.05) is 7.05 Å². The topological polar surface area (TPSA) is 111 Å². The van der Waals surface area contributed by atoms with Crippen molar-refractivity contribution >= 4 is 27.6 Å². The summed E-state index contributed by atoms with van der Waals surface area (Å²) in [5, 5.41) is 2.37. The molecule has 0 unspecified atom stereocenters. The quantitative estimate of drug-likeness (QED) is 0.695. The molecule has 1 atom stereocenters. The van der Waals surface area contributed by atoms with E-state index in [1.165, 1.54) is 57.5 Å². The van der Waals surface area contributed by atoms with Crippen LogP contribution in [0, 0.1) is 0 Å². The first-order valence-electron chi connectivity index (χ1n) is 7.97. The number of carbonyl (C=O) groups is 2. The highest BCUT2D eigenvalue weighted by atomic mass is 32.2. The van der Waals surface area contributed by atoms with Crippen LogP contribution in [-0.2, 0) is 19.6 Å². The van der Waals surface area contributed by atoms with E-state index in [4.69, 9.17) is 9.47 Å². The van der Waals surface area contributed by atoms with Crippen LogP contribution in [0.2, 0.25) is 0 Å². The number of sulfonamides is 1. The molecule has 0 fully saturated rings. The second kappa shape index (κ2) is 8.54. The number of esters is 1. The van der Waals surface area contributed by atoms with E-state index in [0.717, 1.165) is 0 Å². The lowest BCUT2D eigenvalue weighted by atomic mass is 10.2. The van der Waals surface area contributed by atoms with Crippen molar-refractivity contribution in [1.29, 1.82) is 0 Å². The molecule has 0 aliphatic heterocycles. The average molecular weight is 392 g/mol. The second-order valence-electron chi connectivity index (χ2n) is 5.49. The number of hydrogen-bond acceptors (Lipinski definition) is 6. The van der Waals surface area contributed by atoms with Gasteiger partial charge in [0.1, 0.15) is 5.75 Å². The number of hydrogen-bond donors (Lipinski definition) is 2. The number of benzene rings is 2. The van der Waals surface area contributed by atoms with Crippen LogP contribution in [0.15, 0.2) is 53.4 Å². The highest BCUT2D eigenvalue weighted by Gasteiger charge is 2.22. The smallest absolute Gasteiger partial charge is 0.341 e. The molecule has 0 saturated heterocycles. The Kier molecular flexibility index (Phi) is 6.40. The van der Waals surface area contributed by atoms with Crippen molar-refractivity contribution in [2.75, 3.05) is 18.9 Å². The van der Waals surface area contributed by atoms with Crippen molar-refractivity contribution in [2.24, 2.45) is 0 Å². The van der Waals surface area contributed by atoms with Crippen molar-refractivity contribution in [1.82, 2.24) is 5.32 Å². The van der Waals surface area contributed by atoms with Crippen molar-refractivity contribution in [3.63, 3.8) is 0 Å². The van der Waals surface area contributed by atoms with E-state index in [9.17, 15) is 18.0 Å². The standard InChI is InChI=1S/C18H20N2O6S/c1-12(17(21)19-2)26-18(22)15-6-4-5-7-16(15)20-27(23,24)14-10-8-13(25-3)9-11-14/h4-12,20H,1-3H3,(H,19,21)/t12-/m0/s1. The maximum atomic E-state index is 12.6. The van der Waals surface area contributed by atoms with Crippen LogP contribution in [0.3, 0.4) is 0 Å². The third-order valence-electron chi connectivity index (χ3n) is 3.66. The normalized spacial score (nSPS) is 12.0. The number of anilines is 1. The zero-order valence-corrected chi connectivity index (χ0v) is 15.9. The predicted octanol–water partition coefficient (Wildman–Crippen LogP) is 1.79. The summed E-state index contributed by atoms with van der Waals surface area (Å²) in [5.41, 5.74) is 0.0350. The Morgan fingerprint density at radius 2 is 1.67 bits per heavy atom. The van der Waals surface area contributed by atoms with Gasteiger partial charge in [0.25, 0.3) is 15.9 Å².